The molecule has 0 bridgehead atoms. The van der Waals surface area contributed by atoms with Crippen LogP contribution >= 0.6 is 11.3 Å². The summed E-state index contributed by atoms with van der Waals surface area (Å²) in [6.07, 6.45) is 0. The van der Waals surface area contributed by atoms with Crippen LogP contribution in [0.5, 0.6) is 0 Å². The van der Waals surface area contributed by atoms with Crippen molar-refractivity contribution in [2.45, 2.75) is 33.7 Å². The highest BCUT2D eigenvalue weighted by Gasteiger charge is 2.23. The summed E-state index contributed by atoms with van der Waals surface area (Å²) in [5.74, 6) is -0.312. The van der Waals surface area contributed by atoms with E-state index in [1.165, 1.54) is 0 Å². The highest BCUT2D eigenvalue weighted by molar-refractivity contribution is 7.15. The molecule has 0 saturated carbocycles. The zero-order valence-corrected chi connectivity index (χ0v) is 13.5. The number of ether oxygens (including phenoxy) is 1. The van der Waals surface area contributed by atoms with Crippen molar-refractivity contribution < 1.29 is 9.53 Å². The van der Waals surface area contributed by atoms with Gasteiger partial charge in [0.15, 0.2) is 10.8 Å². The van der Waals surface area contributed by atoms with E-state index in [4.69, 9.17) is 4.74 Å². The predicted octanol–water partition coefficient (Wildman–Crippen LogP) is 2.16. The fraction of sp³-hybridized carbons (Fsp3) is 0.714. The number of nitrogens with zero attached hydrogens (tertiary/aromatic N) is 3. The van der Waals surface area contributed by atoms with Crippen molar-refractivity contribution in [2.24, 2.45) is 0 Å². The molecule has 0 aromatic carbocycles. The number of anilines is 1. The molecule has 0 spiro atoms. The van der Waals surface area contributed by atoms with Crippen molar-refractivity contribution in [3.8, 4) is 0 Å². The van der Waals surface area contributed by atoms with E-state index < -0.39 is 0 Å². The number of carbonyl (C=O) groups is 1. The number of hydrogen-bond donors (Lipinski definition) is 0. The van der Waals surface area contributed by atoms with Crippen LogP contribution in [0, 0.1) is 6.92 Å². The Morgan fingerprint density at radius 1 is 1.35 bits per heavy atom. The Morgan fingerprint density at radius 2 is 2.00 bits per heavy atom. The number of thiazole rings is 1. The van der Waals surface area contributed by atoms with E-state index in [0.29, 0.717) is 18.3 Å². The molecule has 1 fully saturated rings. The third-order valence-corrected chi connectivity index (χ3v) is 4.60. The average Bonchev–Trinajstić information content (AvgIpc) is 2.81. The lowest BCUT2D eigenvalue weighted by atomic mass is 10.2. The molecule has 20 heavy (non-hydrogen) atoms. The van der Waals surface area contributed by atoms with Gasteiger partial charge in [0.1, 0.15) is 0 Å². The number of piperazine rings is 1. The van der Waals surface area contributed by atoms with Gasteiger partial charge in [-0.3, -0.25) is 4.90 Å². The predicted molar refractivity (Wildman–Crippen MR) is 81.7 cm³/mol. The Bertz CT molecular complexity index is 465. The summed E-state index contributed by atoms with van der Waals surface area (Å²) in [6.45, 7) is 12.6. The number of carbonyl (C=O) groups excluding carboxylic acids is 1. The van der Waals surface area contributed by atoms with Crippen LogP contribution in [-0.2, 0) is 4.74 Å². The van der Waals surface area contributed by atoms with Gasteiger partial charge < -0.3 is 9.64 Å². The molecule has 112 valence electrons. The minimum Gasteiger partial charge on any atom is -0.461 e. The Hall–Kier alpha value is -1.14. The van der Waals surface area contributed by atoms with Crippen LogP contribution in [0.3, 0.4) is 0 Å². The fourth-order valence-corrected chi connectivity index (χ4v) is 3.28. The number of rotatable bonds is 4. The smallest absolute Gasteiger partial charge is 0.358 e. The maximum absolute atomic E-state index is 11.8. The molecule has 6 heteroatoms. The van der Waals surface area contributed by atoms with Gasteiger partial charge in [-0.05, 0) is 27.7 Å². The molecule has 1 aliphatic heterocycles. The van der Waals surface area contributed by atoms with Crippen molar-refractivity contribution in [1.82, 2.24) is 9.88 Å². The molecule has 2 rings (SSSR count). The summed E-state index contributed by atoms with van der Waals surface area (Å²) in [6, 6.07) is 0.588. The van der Waals surface area contributed by atoms with Crippen LogP contribution in [0.1, 0.15) is 36.1 Å². The molecule has 0 amide bonds. The second kappa shape index (κ2) is 6.54. The molecule has 1 aromatic rings. The Balaban J connectivity index is 2.04. The minimum atomic E-state index is -0.312. The van der Waals surface area contributed by atoms with E-state index >= 15 is 0 Å². The quantitative estimate of drug-likeness (QED) is 0.797. The zero-order chi connectivity index (χ0) is 14.7. The second-order valence-corrected chi connectivity index (χ2v) is 6.42. The number of aromatic nitrogens is 1. The van der Waals surface area contributed by atoms with E-state index in [1.807, 2.05) is 13.8 Å². The lowest BCUT2D eigenvalue weighted by molar-refractivity contribution is 0.0519. The van der Waals surface area contributed by atoms with Crippen molar-refractivity contribution in [2.75, 3.05) is 37.7 Å². The molecular weight excluding hydrogens is 274 g/mol. The van der Waals surface area contributed by atoms with Gasteiger partial charge in [0.05, 0.1) is 6.61 Å². The topological polar surface area (TPSA) is 45.7 Å². The van der Waals surface area contributed by atoms with Gasteiger partial charge in [-0.1, -0.05) is 0 Å². The average molecular weight is 297 g/mol. The van der Waals surface area contributed by atoms with Gasteiger partial charge in [-0.25, -0.2) is 9.78 Å². The van der Waals surface area contributed by atoms with E-state index in [2.05, 4.69) is 28.6 Å². The fourth-order valence-electron chi connectivity index (χ4n) is 2.34. The van der Waals surface area contributed by atoms with Gasteiger partial charge in [0.25, 0.3) is 0 Å². The van der Waals surface area contributed by atoms with Gasteiger partial charge in [0.2, 0.25) is 0 Å². The van der Waals surface area contributed by atoms with Gasteiger partial charge in [-0.15, -0.1) is 11.3 Å². The van der Waals surface area contributed by atoms with Crippen LogP contribution in [0.15, 0.2) is 0 Å². The minimum absolute atomic E-state index is 0.312. The largest absolute Gasteiger partial charge is 0.461 e. The summed E-state index contributed by atoms with van der Waals surface area (Å²) in [5.41, 5.74) is 0.470. The van der Waals surface area contributed by atoms with Crippen molar-refractivity contribution in [1.29, 1.82) is 0 Å². The molecule has 0 atom stereocenters. The van der Waals surface area contributed by atoms with Crippen molar-refractivity contribution in [3.05, 3.63) is 10.6 Å². The first-order chi connectivity index (χ1) is 9.52. The number of aryl methyl sites for hydroxylation is 1. The van der Waals surface area contributed by atoms with E-state index in [0.717, 1.165) is 36.2 Å². The molecule has 1 aliphatic rings. The lowest BCUT2D eigenvalue weighted by Gasteiger charge is -2.36. The van der Waals surface area contributed by atoms with E-state index in [1.54, 1.807) is 11.3 Å². The molecule has 0 radical (unpaired) electrons. The molecule has 1 aromatic heterocycles. The normalized spacial score (nSPS) is 16.8. The van der Waals surface area contributed by atoms with Crippen LogP contribution in [-0.4, -0.2) is 54.7 Å². The zero-order valence-electron chi connectivity index (χ0n) is 12.7. The number of esters is 1. The van der Waals surface area contributed by atoms with Gasteiger partial charge in [-0.2, -0.15) is 0 Å². The van der Waals surface area contributed by atoms with Crippen LogP contribution < -0.4 is 4.90 Å². The number of hydrogen-bond acceptors (Lipinski definition) is 6. The first-order valence-electron chi connectivity index (χ1n) is 7.16. The van der Waals surface area contributed by atoms with Gasteiger partial charge in [0, 0.05) is 37.1 Å². The van der Waals surface area contributed by atoms with E-state index in [-0.39, 0.29) is 5.97 Å². The first kappa shape index (κ1) is 15.3. The van der Waals surface area contributed by atoms with E-state index in [9.17, 15) is 4.79 Å². The Kier molecular flexibility index (Phi) is 4.99. The third-order valence-electron chi connectivity index (χ3n) is 3.57. The summed E-state index contributed by atoms with van der Waals surface area (Å²) in [5, 5.41) is 0.939. The summed E-state index contributed by atoms with van der Waals surface area (Å²) < 4.78 is 5.04. The van der Waals surface area contributed by atoms with Crippen LogP contribution in [0.4, 0.5) is 5.13 Å². The molecular formula is C14H23N3O2S. The Labute approximate surface area is 124 Å². The first-order valence-corrected chi connectivity index (χ1v) is 7.98. The van der Waals surface area contributed by atoms with Crippen LogP contribution in [0.2, 0.25) is 0 Å². The second-order valence-electron chi connectivity index (χ2n) is 5.24. The Morgan fingerprint density at radius 3 is 2.55 bits per heavy atom. The molecule has 2 heterocycles. The maximum Gasteiger partial charge on any atom is 0.358 e. The molecule has 0 unspecified atom stereocenters. The van der Waals surface area contributed by atoms with Crippen molar-refractivity contribution in [3.63, 3.8) is 0 Å². The lowest BCUT2D eigenvalue weighted by Crippen LogP contribution is -2.48. The molecule has 1 saturated heterocycles. The molecule has 5 nitrogen and oxygen atoms in total. The van der Waals surface area contributed by atoms with Crippen molar-refractivity contribution >= 4 is 22.4 Å². The maximum atomic E-state index is 11.8. The van der Waals surface area contributed by atoms with Gasteiger partial charge >= 0.3 is 5.97 Å². The summed E-state index contributed by atoms with van der Waals surface area (Å²) in [7, 11) is 0. The summed E-state index contributed by atoms with van der Waals surface area (Å²) >= 11 is 1.58. The highest BCUT2D eigenvalue weighted by Crippen LogP contribution is 2.27. The summed E-state index contributed by atoms with van der Waals surface area (Å²) in [4.78, 5) is 21.9. The third kappa shape index (κ3) is 3.30. The highest BCUT2D eigenvalue weighted by atomic mass is 32.1. The standard InChI is InChI=1S/C14H23N3O2S/c1-5-19-13(18)12-11(4)20-14(15-12)17-8-6-16(7-9-17)10(2)3/h10H,5-9H2,1-4H3. The molecule has 0 N–H and O–H groups in total. The monoisotopic (exact) mass is 297 g/mol. The molecule has 0 aliphatic carbocycles. The SMILES string of the molecule is CCOC(=O)c1nc(N2CCN(C(C)C)CC2)sc1C. The van der Waals surface area contributed by atoms with Crippen LogP contribution in [0.25, 0.3) is 0 Å².